The largest absolute Gasteiger partial charge is 0.462 e. The Morgan fingerprint density at radius 3 is 2.21 bits per heavy atom. The number of nitrogens with one attached hydrogen (secondary N) is 1. The zero-order chi connectivity index (χ0) is 22.4. The standard InChI is InChI=1S/C19H25F5N2O3/c1-5-7-8-25-17(27)12-11(9-10(3)4)13(18(28)29-6-2)15(19(22,23)24)26-14(12)16(20)21/h10,16H,5-9H2,1-4H3,(H,25,27). The summed E-state index contributed by atoms with van der Waals surface area (Å²) in [6.45, 7) is 6.42. The predicted octanol–water partition coefficient (Wildman–Crippen LogP) is 4.94. The van der Waals surface area contributed by atoms with E-state index in [0.717, 1.165) is 0 Å². The van der Waals surface area contributed by atoms with Crippen molar-refractivity contribution in [2.45, 2.75) is 59.6 Å². The van der Waals surface area contributed by atoms with E-state index in [4.69, 9.17) is 4.74 Å². The second-order valence-electron chi connectivity index (χ2n) is 6.80. The average molecular weight is 424 g/mol. The van der Waals surface area contributed by atoms with Crippen molar-refractivity contribution in [2.24, 2.45) is 5.92 Å². The molecule has 1 N–H and O–H groups in total. The molecular formula is C19H25F5N2O3. The van der Waals surface area contributed by atoms with Crippen LogP contribution in [0.15, 0.2) is 0 Å². The van der Waals surface area contributed by atoms with Crippen molar-refractivity contribution >= 4 is 11.9 Å². The summed E-state index contributed by atoms with van der Waals surface area (Å²) in [5.74, 6) is -2.68. The van der Waals surface area contributed by atoms with Crippen molar-refractivity contribution in [1.82, 2.24) is 10.3 Å². The highest BCUT2D eigenvalue weighted by Crippen LogP contribution is 2.37. The maximum Gasteiger partial charge on any atom is 0.434 e. The molecule has 1 amide bonds. The van der Waals surface area contributed by atoms with Crippen LogP contribution in [0, 0.1) is 5.92 Å². The molecule has 0 unspecified atom stereocenters. The summed E-state index contributed by atoms with van der Waals surface area (Å²) in [4.78, 5) is 28.0. The molecule has 0 saturated heterocycles. The summed E-state index contributed by atoms with van der Waals surface area (Å²) in [5, 5.41) is 2.42. The number of carbonyl (C=O) groups excluding carboxylic acids is 2. The first kappa shape index (κ1) is 24.8. The molecule has 164 valence electrons. The summed E-state index contributed by atoms with van der Waals surface area (Å²) in [6.07, 6.45) is -7.58. The maximum atomic E-state index is 13.6. The quantitative estimate of drug-likeness (QED) is 0.346. The second kappa shape index (κ2) is 10.5. The van der Waals surface area contributed by atoms with Crippen molar-refractivity contribution in [3.8, 4) is 0 Å². The lowest BCUT2D eigenvalue weighted by atomic mass is 9.90. The van der Waals surface area contributed by atoms with Gasteiger partial charge in [0.1, 0.15) is 5.69 Å². The number of nitrogens with zero attached hydrogens (tertiary/aromatic N) is 1. The van der Waals surface area contributed by atoms with E-state index in [1.54, 1.807) is 13.8 Å². The molecule has 0 radical (unpaired) electrons. The van der Waals surface area contributed by atoms with Crippen LogP contribution in [-0.2, 0) is 17.3 Å². The third-order valence-electron chi connectivity index (χ3n) is 3.94. The highest BCUT2D eigenvalue weighted by atomic mass is 19.4. The van der Waals surface area contributed by atoms with Gasteiger partial charge in [-0.25, -0.2) is 18.6 Å². The fourth-order valence-electron chi connectivity index (χ4n) is 2.77. The highest BCUT2D eigenvalue weighted by Gasteiger charge is 2.43. The van der Waals surface area contributed by atoms with E-state index in [1.807, 2.05) is 6.92 Å². The summed E-state index contributed by atoms with van der Waals surface area (Å²) in [5.41, 5.74) is -5.17. The number of hydrogen-bond acceptors (Lipinski definition) is 4. The predicted molar refractivity (Wildman–Crippen MR) is 95.9 cm³/mol. The van der Waals surface area contributed by atoms with E-state index in [9.17, 15) is 31.5 Å². The Labute approximate surface area is 166 Å². The van der Waals surface area contributed by atoms with Crippen LogP contribution < -0.4 is 5.32 Å². The van der Waals surface area contributed by atoms with Gasteiger partial charge in [-0.15, -0.1) is 0 Å². The molecule has 1 heterocycles. The third kappa shape index (κ3) is 6.37. The van der Waals surface area contributed by atoms with E-state index in [0.29, 0.717) is 12.8 Å². The fraction of sp³-hybridized carbons (Fsp3) is 0.632. The number of halogens is 5. The van der Waals surface area contributed by atoms with Gasteiger partial charge in [0.2, 0.25) is 0 Å². The minimum atomic E-state index is -5.19. The van der Waals surface area contributed by atoms with Crippen LogP contribution in [0.4, 0.5) is 22.0 Å². The number of pyridine rings is 1. The normalized spacial score (nSPS) is 11.8. The van der Waals surface area contributed by atoms with Crippen LogP contribution in [-0.4, -0.2) is 30.0 Å². The fourth-order valence-corrected chi connectivity index (χ4v) is 2.77. The molecule has 0 bridgehead atoms. The van der Waals surface area contributed by atoms with Gasteiger partial charge < -0.3 is 10.1 Å². The van der Waals surface area contributed by atoms with E-state index in [2.05, 4.69) is 10.3 Å². The van der Waals surface area contributed by atoms with Crippen LogP contribution in [0.5, 0.6) is 0 Å². The zero-order valence-corrected chi connectivity index (χ0v) is 16.8. The molecule has 0 aromatic carbocycles. The SMILES string of the molecule is CCCCNC(=O)c1c(C(F)F)nc(C(F)(F)F)c(C(=O)OCC)c1CC(C)C. The topological polar surface area (TPSA) is 68.3 Å². The van der Waals surface area contributed by atoms with Crippen molar-refractivity contribution in [1.29, 1.82) is 0 Å². The highest BCUT2D eigenvalue weighted by molar-refractivity contribution is 6.02. The molecule has 29 heavy (non-hydrogen) atoms. The van der Waals surface area contributed by atoms with Crippen molar-refractivity contribution in [2.75, 3.05) is 13.2 Å². The first-order valence-corrected chi connectivity index (χ1v) is 9.32. The molecule has 10 heteroatoms. The molecular weight excluding hydrogens is 399 g/mol. The molecule has 0 saturated carbocycles. The third-order valence-corrected chi connectivity index (χ3v) is 3.94. The molecule has 5 nitrogen and oxygen atoms in total. The van der Waals surface area contributed by atoms with Crippen molar-refractivity contribution in [3.63, 3.8) is 0 Å². The number of amides is 1. The van der Waals surface area contributed by atoms with Gasteiger partial charge in [-0.1, -0.05) is 27.2 Å². The van der Waals surface area contributed by atoms with Gasteiger partial charge in [0.05, 0.1) is 17.7 Å². The smallest absolute Gasteiger partial charge is 0.434 e. The summed E-state index contributed by atoms with van der Waals surface area (Å²) >= 11 is 0. The number of aromatic nitrogens is 1. The summed E-state index contributed by atoms with van der Waals surface area (Å²) in [7, 11) is 0. The average Bonchev–Trinajstić information content (AvgIpc) is 2.59. The van der Waals surface area contributed by atoms with E-state index < -0.39 is 52.6 Å². The number of esters is 1. The van der Waals surface area contributed by atoms with Gasteiger partial charge in [0.25, 0.3) is 12.3 Å². The van der Waals surface area contributed by atoms with Crippen LogP contribution in [0.2, 0.25) is 0 Å². The van der Waals surface area contributed by atoms with Gasteiger partial charge in [-0.3, -0.25) is 4.79 Å². The van der Waals surface area contributed by atoms with Crippen LogP contribution in [0.3, 0.4) is 0 Å². The Morgan fingerprint density at radius 1 is 1.14 bits per heavy atom. The Hall–Kier alpha value is -2.26. The Bertz CT molecular complexity index is 734. The minimum absolute atomic E-state index is 0.148. The molecule has 0 atom stereocenters. The van der Waals surface area contributed by atoms with Crippen LogP contribution in [0.25, 0.3) is 0 Å². The Kier molecular flexibility index (Phi) is 8.97. The number of carbonyl (C=O) groups is 2. The van der Waals surface area contributed by atoms with Gasteiger partial charge >= 0.3 is 12.1 Å². The lowest BCUT2D eigenvalue weighted by Gasteiger charge is -2.22. The summed E-state index contributed by atoms with van der Waals surface area (Å²) in [6, 6.07) is 0. The summed E-state index contributed by atoms with van der Waals surface area (Å²) < 4.78 is 72.7. The maximum absolute atomic E-state index is 13.6. The van der Waals surface area contributed by atoms with Gasteiger partial charge in [-0.05, 0) is 31.2 Å². The molecule has 0 spiro atoms. The first-order valence-electron chi connectivity index (χ1n) is 9.32. The van der Waals surface area contributed by atoms with Crippen LogP contribution in [0.1, 0.15) is 84.6 Å². The molecule has 0 aliphatic heterocycles. The van der Waals surface area contributed by atoms with Gasteiger partial charge in [0.15, 0.2) is 5.69 Å². The molecule has 1 aromatic heterocycles. The molecule has 0 fully saturated rings. The number of ether oxygens (including phenoxy) is 1. The number of alkyl halides is 5. The molecule has 0 aliphatic rings. The van der Waals surface area contributed by atoms with Crippen molar-refractivity contribution in [3.05, 3.63) is 28.1 Å². The van der Waals surface area contributed by atoms with E-state index in [1.165, 1.54) is 6.92 Å². The minimum Gasteiger partial charge on any atom is -0.462 e. The molecule has 1 rings (SSSR count). The van der Waals surface area contributed by atoms with Crippen molar-refractivity contribution < 1.29 is 36.3 Å². The van der Waals surface area contributed by atoms with Gasteiger partial charge in [0, 0.05) is 6.54 Å². The van der Waals surface area contributed by atoms with E-state index >= 15 is 0 Å². The second-order valence-corrected chi connectivity index (χ2v) is 6.80. The Balaban J connectivity index is 3.89. The molecule has 1 aromatic rings. The zero-order valence-electron chi connectivity index (χ0n) is 16.8. The lowest BCUT2D eigenvalue weighted by Crippen LogP contribution is -2.31. The number of rotatable bonds is 9. The number of hydrogen-bond donors (Lipinski definition) is 1. The first-order chi connectivity index (χ1) is 13.4. The van der Waals surface area contributed by atoms with Gasteiger partial charge in [-0.2, -0.15) is 13.2 Å². The molecule has 0 aliphatic carbocycles. The van der Waals surface area contributed by atoms with Crippen LogP contribution >= 0.6 is 0 Å². The Morgan fingerprint density at radius 2 is 1.76 bits per heavy atom. The lowest BCUT2D eigenvalue weighted by molar-refractivity contribution is -0.142. The van der Waals surface area contributed by atoms with E-state index in [-0.39, 0.29) is 25.5 Å². The number of unbranched alkanes of at least 4 members (excludes halogenated alkanes) is 1. The monoisotopic (exact) mass is 424 g/mol.